The standard InChI is InChI=1S/C22H24ClNO4/c1-14-4-5-18(12-15(14)2)16(3)24-21(26)13-28-22(27)11-10-20(25)17-6-8-19(23)9-7-17/h4-9,12,16H,10-11,13H2,1-3H3,(H,24,26)/t16-/m1/s1. The zero-order valence-electron chi connectivity index (χ0n) is 16.3. The number of carbonyl (C=O) groups is 3. The third kappa shape index (κ3) is 6.50. The van der Waals surface area contributed by atoms with Crippen molar-refractivity contribution in [2.45, 2.75) is 39.7 Å². The molecule has 0 heterocycles. The van der Waals surface area contributed by atoms with E-state index in [-0.39, 0.29) is 37.2 Å². The van der Waals surface area contributed by atoms with Gasteiger partial charge in [0.1, 0.15) is 0 Å². The Hall–Kier alpha value is -2.66. The van der Waals surface area contributed by atoms with Crippen molar-refractivity contribution in [2.24, 2.45) is 0 Å². The van der Waals surface area contributed by atoms with Gasteiger partial charge in [-0.15, -0.1) is 0 Å². The zero-order valence-corrected chi connectivity index (χ0v) is 17.0. The van der Waals surface area contributed by atoms with Gasteiger partial charge in [-0.25, -0.2) is 0 Å². The van der Waals surface area contributed by atoms with E-state index in [1.54, 1.807) is 24.3 Å². The third-order valence-electron chi connectivity index (χ3n) is 4.50. The molecule has 0 bridgehead atoms. The molecule has 0 spiro atoms. The lowest BCUT2D eigenvalue weighted by Gasteiger charge is -2.15. The summed E-state index contributed by atoms with van der Waals surface area (Å²) in [7, 11) is 0. The average molecular weight is 402 g/mol. The zero-order chi connectivity index (χ0) is 20.7. The SMILES string of the molecule is Cc1ccc([C@@H](C)NC(=O)COC(=O)CCC(=O)c2ccc(Cl)cc2)cc1C. The minimum atomic E-state index is -0.587. The first kappa shape index (κ1) is 21.6. The number of carbonyl (C=O) groups excluding carboxylic acids is 3. The third-order valence-corrected chi connectivity index (χ3v) is 4.75. The van der Waals surface area contributed by atoms with Crippen molar-refractivity contribution < 1.29 is 19.1 Å². The highest BCUT2D eigenvalue weighted by atomic mass is 35.5. The van der Waals surface area contributed by atoms with Crippen LogP contribution in [0.1, 0.15) is 52.9 Å². The van der Waals surface area contributed by atoms with E-state index in [4.69, 9.17) is 16.3 Å². The van der Waals surface area contributed by atoms with Gasteiger partial charge in [-0.05, 0) is 61.7 Å². The molecule has 0 aromatic heterocycles. The molecule has 28 heavy (non-hydrogen) atoms. The number of benzene rings is 2. The molecule has 0 aliphatic carbocycles. The molecule has 1 amide bonds. The second-order valence-corrected chi connectivity index (χ2v) is 7.16. The van der Waals surface area contributed by atoms with Crippen molar-refractivity contribution in [3.05, 3.63) is 69.7 Å². The molecule has 0 saturated carbocycles. The number of hydrogen-bond donors (Lipinski definition) is 1. The van der Waals surface area contributed by atoms with Gasteiger partial charge in [0.05, 0.1) is 12.5 Å². The summed E-state index contributed by atoms with van der Waals surface area (Å²) in [6.07, 6.45) is -0.0669. The number of esters is 1. The second-order valence-electron chi connectivity index (χ2n) is 6.72. The number of rotatable bonds is 8. The molecule has 2 rings (SSSR count). The summed E-state index contributed by atoms with van der Waals surface area (Å²) < 4.78 is 4.96. The van der Waals surface area contributed by atoms with Crippen LogP contribution in [-0.4, -0.2) is 24.3 Å². The van der Waals surface area contributed by atoms with E-state index in [0.29, 0.717) is 10.6 Å². The molecule has 148 valence electrons. The Kier molecular flexibility index (Phi) is 7.76. The summed E-state index contributed by atoms with van der Waals surface area (Å²) in [6, 6.07) is 12.2. The Morgan fingerprint density at radius 3 is 2.32 bits per heavy atom. The lowest BCUT2D eigenvalue weighted by Crippen LogP contribution is -2.31. The average Bonchev–Trinajstić information content (AvgIpc) is 2.67. The van der Waals surface area contributed by atoms with Crippen LogP contribution in [-0.2, 0) is 14.3 Å². The molecule has 0 radical (unpaired) electrons. The highest BCUT2D eigenvalue weighted by Crippen LogP contribution is 2.16. The van der Waals surface area contributed by atoms with E-state index in [1.807, 2.05) is 39.0 Å². The van der Waals surface area contributed by atoms with Gasteiger partial charge in [-0.2, -0.15) is 0 Å². The Morgan fingerprint density at radius 2 is 1.68 bits per heavy atom. The first-order chi connectivity index (χ1) is 13.3. The molecule has 5 nitrogen and oxygen atoms in total. The minimum absolute atomic E-state index is 0.0150. The van der Waals surface area contributed by atoms with Crippen LogP contribution in [0.25, 0.3) is 0 Å². The maximum atomic E-state index is 12.0. The summed E-state index contributed by atoms with van der Waals surface area (Å²) in [4.78, 5) is 35.8. The van der Waals surface area contributed by atoms with Gasteiger partial charge < -0.3 is 10.1 Å². The number of amides is 1. The highest BCUT2D eigenvalue weighted by molar-refractivity contribution is 6.30. The fourth-order valence-electron chi connectivity index (χ4n) is 2.61. The molecule has 2 aromatic rings. The van der Waals surface area contributed by atoms with Crippen molar-refractivity contribution >= 4 is 29.3 Å². The van der Waals surface area contributed by atoms with Gasteiger partial charge in [0.2, 0.25) is 0 Å². The Bertz CT molecular complexity index is 861. The maximum Gasteiger partial charge on any atom is 0.306 e. The maximum absolute atomic E-state index is 12.0. The highest BCUT2D eigenvalue weighted by Gasteiger charge is 2.14. The molecule has 0 saturated heterocycles. The van der Waals surface area contributed by atoms with Gasteiger partial charge in [0.15, 0.2) is 12.4 Å². The van der Waals surface area contributed by atoms with Crippen molar-refractivity contribution in [2.75, 3.05) is 6.61 Å². The molecule has 0 aliphatic heterocycles. The van der Waals surface area contributed by atoms with Crippen molar-refractivity contribution in [3.8, 4) is 0 Å². The Labute approximate surface area is 170 Å². The molecule has 0 aliphatic rings. The van der Waals surface area contributed by atoms with E-state index >= 15 is 0 Å². The van der Waals surface area contributed by atoms with E-state index < -0.39 is 5.97 Å². The number of aryl methyl sites for hydroxylation is 2. The number of hydrogen-bond acceptors (Lipinski definition) is 4. The summed E-state index contributed by atoms with van der Waals surface area (Å²) in [6.45, 7) is 5.54. The van der Waals surface area contributed by atoms with E-state index in [1.165, 1.54) is 5.56 Å². The van der Waals surface area contributed by atoms with Crippen molar-refractivity contribution in [1.82, 2.24) is 5.32 Å². The molecular weight excluding hydrogens is 378 g/mol. The fourth-order valence-corrected chi connectivity index (χ4v) is 2.74. The molecule has 1 N–H and O–H groups in total. The quantitative estimate of drug-likeness (QED) is 0.527. The van der Waals surface area contributed by atoms with Gasteiger partial charge >= 0.3 is 5.97 Å². The lowest BCUT2D eigenvalue weighted by atomic mass is 10.0. The lowest BCUT2D eigenvalue weighted by molar-refractivity contribution is -0.148. The largest absolute Gasteiger partial charge is 0.456 e. The smallest absolute Gasteiger partial charge is 0.306 e. The first-order valence-corrected chi connectivity index (χ1v) is 9.45. The van der Waals surface area contributed by atoms with Gasteiger partial charge in [0, 0.05) is 17.0 Å². The van der Waals surface area contributed by atoms with Crippen LogP contribution in [0.15, 0.2) is 42.5 Å². The van der Waals surface area contributed by atoms with Gasteiger partial charge in [0.25, 0.3) is 5.91 Å². The molecule has 6 heteroatoms. The predicted molar refractivity (Wildman–Crippen MR) is 108 cm³/mol. The first-order valence-electron chi connectivity index (χ1n) is 9.07. The predicted octanol–water partition coefficient (Wildman–Crippen LogP) is 4.34. The summed E-state index contributed by atoms with van der Waals surface area (Å²) in [5.74, 6) is -1.15. The van der Waals surface area contributed by atoms with Crippen LogP contribution < -0.4 is 5.32 Å². The normalized spacial score (nSPS) is 11.6. The number of halogens is 1. The van der Waals surface area contributed by atoms with E-state index in [0.717, 1.165) is 11.1 Å². The second kappa shape index (κ2) is 10.0. The Balaban J connectivity index is 1.74. The number of nitrogens with one attached hydrogen (secondary N) is 1. The van der Waals surface area contributed by atoms with Crippen molar-refractivity contribution in [3.63, 3.8) is 0 Å². The number of ether oxygens (including phenoxy) is 1. The molecule has 2 aromatic carbocycles. The topological polar surface area (TPSA) is 72.5 Å². The summed E-state index contributed by atoms with van der Waals surface area (Å²) in [5.41, 5.74) is 3.80. The molecular formula is C22H24ClNO4. The van der Waals surface area contributed by atoms with Crippen LogP contribution in [0.4, 0.5) is 0 Å². The van der Waals surface area contributed by atoms with Crippen molar-refractivity contribution in [1.29, 1.82) is 0 Å². The Morgan fingerprint density at radius 1 is 1.00 bits per heavy atom. The number of ketones is 1. The van der Waals surface area contributed by atoms with Crippen LogP contribution in [0, 0.1) is 13.8 Å². The number of Topliss-reactive ketones (excluding diaryl/α,β-unsaturated/α-hetero) is 1. The molecule has 0 fully saturated rings. The molecule has 1 atom stereocenters. The van der Waals surface area contributed by atoms with Gasteiger partial charge in [-0.1, -0.05) is 29.8 Å². The van der Waals surface area contributed by atoms with E-state index in [2.05, 4.69) is 5.32 Å². The van der Waals surface area contributed by atoms with Crippen LogP contribution in [0.5, 0.6) is 0 Å². The minimum Gasteiger partial charge on any atom is -0.456 e. The fraction of sp³-hybridized carbons (Fsp3) is 0.318. The molecule has 0 unspecified atom stereocenters. The van der Waals surface area contributed by atoms with Crippen LogP contribution in [0.2, 0.25) is 5.02 Å². The monoisotopic (exact) mass is 401 g/mol. The van der Waals surface area contributed by atoms with Crippen LogP contribution in [0.3, 0.4) is 0 Å². The summed E-state index contributed by atoms with van der Waals surface area (Å²) in [5, 5.41) is 3.34. The van der Waals surface area contributed by atoms with Gasteiger partial charge in [-0.3, -0.25) is 14.4 Å². The van der Waals surface area contributed by atoms with Crippen LogP contribution >= 0.6 is 11.6 Å². The summed E-state index contributed by atoms with van der Waals surface area (Å²) >= 11 is 5.78. The van der Waals surface area contributed by atoms with E-state index in [9.17, 15) is 14.4 Å².